The summed E-state index contributed by atoms with van der Waals surface area (Å²) in [5.41, 5.74) is 3.58. The summed E-state index contributed by atoms with van der Waals surface area (Å²) in [7, 11) is -4.00. The summed E-state index contributed by atoms with van der Waals surface area (Å²) in [4.78, 5) is 12.6. The van der Waals surface area contributed by atoms with E-state index in [9.17, 15) is 13.2 Å². The molecule has 1 heterocycles. The molecule has 0 saturated carbocycles. The Morgan fingerprint density at radius 2 is 1.84 bits per heavy atom. The molecular formula is C22H23N3O5S. The van der Waals surface area contributed by atoms with Crippen molar-refractivity contribution in [2.75, 3.05) is 17.5 Å². The number of rotatable bonds is 9. The van der Waals surface area contributed by atoms with E-state index in [1.54, 1.807) is 48.5 Å². The van der Waals surface area contributed by atoms with Crippen molar-refractivity contribution in [2.24, 2.45) is 5.10 Å². The third-order valence-electron chi connectivity index (χ3n) is 4.26. The van der Waals surface area contributed by atoms with Gasteiger partial charge in [0, 0.05) is 0 Å². The molecule has 2 aromatic carbocycles. The Labute approximate surface area is 181 Å². The van der Waals surface area contributed by atoms with E-state index in [4.69, 9.17) is 9.15 Å². The SMILES string of the molecule is CCOc1ccc(N(CC(=O)N/N=C/c2ccco2)S(=O)(=O)c2ccc(C)cc2)cc1. The Bertz CT molecular complexity index is 1120. The molecule has 0 unspecified atom stereocenters. The minimum atomic E-state index is -4.00. The first kappa shape index (κ1) is 22.1. The topological polar surface area (TPSA) is 101 Å². The maximum atomic E-state index is 13.3. The Hall–Kier alpha value is -3.59. The zero-order valence-corrected chi connectivity index (χ0v) is 18.0. The molecule has 9 heteroatoms. The number of hydrogen-bond acceptors (Lipinski definition) is 6. The molecule has 1 N–H and O–H groups in total. The van der Waals surface area contributed by atoms with Crippen LogP contribution < -0.4 is 14.5 Å². The molecule has 1 amide bonds. The van der Waals surface area contributed by atoms with E-state index in [1.165, 1.54) is 24.6 Å². The summed E-state index contributed by atoms with van der Waals surface area (Å²) in [5.74, 6) is 0.453. The lowest BCUT2D eigenvalue weighted by atomic mass is 10.2. The van der Waals surface area contributed by atoms with E-state index < -0.39 is 22.5 Å². The first-order valence-electron chi connectivity index (χ1n) is 9.58. The van der Waals surface area contributed by atoms with Gasteiger partial charge in [-0.3, -0.25) is 9.10 Å². The number of aryl methyl sites for hydroxylation is 1. The smallest absolute Gasteiger partial charge is 0.264 e. The fourth-order valence-electron chi connectivity index (χ4n) is 2.73. The standard InChI is InChI=1S/C22H23N3O5S/c1-3-29-19-10-8-18(9-11-19)25(31(27,28)21-12-6-17(2)7-13-21)16-22(26)24-23-15-20-5-4-14-30-20/h4-15H,3,16H2,1-2H3,(H,24,26)/b23-15+. The second kappa shape index (κ2) is 9.94. The molecule has 0 aliphatic rings. The quantitative estimate of drug-likeness (QED) is 0.405. The lowest BCUT2D eigenvalue weighted by molar-refractivity contribution is -0.119. The van der Waals surface area contributed by atoms with Crippen molar-refractivity contribution >= 4 is 27.8 Å². The monoisotopic (exact) mass is 441 g/mol. The van der Waals surface area contributed by atoms with Gasteiger partial charge in [-0.25, -0.2) is 13.8 Å². The Morgan fingerprint density at radius 1 is 1.13 bits per heavy atom. The van der Waals surface area contributed by atoms with Gasteiger partial charge in [0.05, 0.1) is 29.7 Å². The maximum Gasteiger partial charge on any atom is 0.264 e. The lowest BCUT2D eigenvalue weighted by Crippen LogP contribution is -2.39. The molecule has 3 aromatic rings. The van der Waals surface area contributed by atoms with E-state index in [0.717, 1.165) is 9.87 Å². The zero-order chi connectivity index (χ0) is 22.3. The molecule has 3 rings (SSSR count). The molecule has 162 valence electrons. The number of hydrogen-bond donors (Lipinski definition) is 1. The van der Waals surface area contributed by atoms with Gasteiger partial charge in [0.2, 0.25) is 0 Å². The molecule has 0 bridgehead atoms. The molecule has 31 heavy (non-hydrogen) atoms. The maximum absolute atomic E-state index is 13.3. The van der Waals surface area contributed by atoms with E-state index in [0.29, 0.717) is 23.8 Å². The fourth-order valence-corrected chi connectivity index (χ4v) is 4.15. The number of ether oxygens (including phenoxy) is 1. The van der Waals surface area contributed by atoms with Gasteiger partial charge in [-0.05, 0) is 62.4 Å². The van der Waals surface area contributed by atoms with Crippen LogP contribution in [0.3, 0.4) is 0 Å². The summed E-state index contributed by atoms with van der Waals surface area (Å²) in [5, 5.41) is 3.81. The number of carbonyl (C=O) groups is 1. The summed E-state index contributed by atoms with van der Waals surface area (Å²) >= 11 is 0. The van der Waals surface area contributed by atoms with Gasteiger partial charge < -0.3 is 9.15 Å². The number of carbonyl (C=O) groups excluding carboxylic acids is 1. The highest BCUT2D eigenvalue weighted by atomic mass is 32.2. The van der Waals surface area contributed by atoms with E-state index in [1.807, 2.05) is 13.8 Å². The highest BCUT2D eigenvalue weighted by Gasteiger charge is 2.27. The van der Waals surface area contributed by atoms with Crippen molar-refractivity contribution in [3.63, 3.8) is 0 Å². The molecule has 0 aliphatic heterocycles. The zero-order valence-electron chi connectivity index (χ0n) is 17.2. The lowest BCUT2D eigenvalue weighted by Gasteiger charge is -2.24. The first-order valence-corrected chi connectivity index (χ1v) is 11.0. The molecule has 0 radical (unpaired) electrons. The Morgan fingerprint density at radius 3 is 2.45 bits per heavy atom. The molecule has 8 nitrogen and oxygen atoms in total. The average molecular weight is 442 g/mol. The van der Waals surface area contributed by atoms with Crippen molar-refractivity contribution < 1.29 is 22.4 Å². The van der Waals surface area contributed by atoms with Gasteiger partial charge in [0.15, 0.2) is 0 Å². The second-order valence-corrected chi connectivity index (χ2v) is 8.42. The number of anilines is 1. The first-order chi connectivity index (χ1) is 14.9. The van der Waals surface area contributed by atoms with Crippen molar-refractivity contribution in [1.29, 1.82) is 0 Å². The third-order valence-corrected chi connectivity index (χ3v) is 6.04. The van der Waals surface area contributed by atoms with E-state index in [-0.39, 0.29) is 4.90 Å². The highest BCUT2D eigenvalue weighted by molar-refractivity contribution is 7.92. The van der Waals surface area contributed by atoms with Crippen LogP contribution in [0.25, 0.3) is 0 Å². The van der Waals surface area contributed by atoms with Crippen molar-refractivity contribution in [2.45, 2.75) is 18.7 Å². The average Bonchev–Trinajstić information content (AvgIpc) is 3.27. The number of amides is 1. The third kappa shape index (κ3) is 5.73. The molecular weight excluding hydrogens is 418 g/mol. The largest absolute Gasteiger partial charge is 0.494 e. The van der Waals surface area contributed by atoms with Crippen LogP contribution in [0, 0.1) is 6.92 Å². The van der Waals surface area contributed by atoms with Gasteiger partial charge in [0.25, 0.3) is 15.9 Å². The summed E-state index contributed by atoms with van der Waals surface area (Å²) in [6, 6.07) is 16.3. The summed E-state index contributed by atoms with van der Waals surface area (Å²) in [6.07, 6.45) is 2.80. The second-order valence-electron chi connectivity index (χ2n) is 6.56. The van der Waals surface area contributed by atoms with Crippen LogP contribution in [0.2, 0.25) is 0 Å². The molecule has 1 aromatic heterocycles. The van der Waals surface area contributed by atoms with Gasteiger partial charge in [0.1, 0.15) is 18.1 Å². The van der Waals surface area contributed by atoms with Gasteiger partial charge in [-0.15, -0.1) is 0 Å². The van der Waals surface area contributed by atoms with Crippen molar-refractivity contribution in [3.05, 3.63) is 78.3 Å². The predicted molar refractivity (Wildman–Crippen MR) is 118 cm³/mol. The van der Waals surface area contributed by atoms with Crippen LogP contribution >= 0.6 is 0 Å². The van der Waals surface area contributed by atoms with Gasteiger partial charge >= 0.3 is 0 Å². The summed E-state index contributed by atoms with van der Waals surface area (Å²) < 4.78 is 38.2. The highest BCUT2D eigenvalue weighted by Crippen LogP contribution is 2.26. The van der Waals surface area contributed by atoms with Gasteiger partial charge in [-0.2, -0.15) is 5.10 Å². The number of hydrazone groups is 1. The number of furan rings is 1. The molecule has 0 spiro atoms. The molecule has 0 atom stereocenters. The van der Waals surface area contributed by atoms with Crippen LogP contribution in [0.15, 0.2) is 81.3 Å². The summed E-state index contributed by atoms with van der Waals surface area (Å²) in [6.45, 7) is 3.75. The number of nitrogens with zero attached hydrogens (tertiary/aromatic N) is 2. The van der Waals surface area contributed by atoms with Crippen LogP contribution in [-0.2, 0) is 14.8 Å². The molecule has 0 aliphatic carbocycles. The number of sulfonamides is 1. The van der Waals surface area contributed by atoms with Crippen LogP contribution in [0.4, 0.5) is 5.69 Å². The van der Waals surface area contributed by atoms with E-state index >= 15 is 0 Å². The van der Waals surface area contributed by atoms with Crippen LogP contribution in [0.1, 0.15) is 18.2 Å². The molecule has 0 saturated heterocycles. The minimum absolute atomic E-state index is 0.0823. The fraction of sp³-hybridized carbons (Fsp3) is 0.182. The minimum Gasteiger partial charge on any atom is -0.494 e. The Kier molecular flexibility index (Phi) is 7.09. The van der Waals surface area contributed by atoms with Crippen molar-refractivity contribution in [3.8, 4) is 5.75 Å². The van der Waals surface area contributed by atoms with Crippen LogP contribution in [0.5, 0.6) is 5.75 Å². The van der Waals surface area contributed by atoms with Gasteiger partial charge in [-0.1, -0.05) is 17.7 Å². The Balaban J connectivity index is 1.86. The molecule has 0 fully saturated rings. The van der Waals surface area contributed by atoms with Crippen molar-refractivity contribution in [1.82, 2.24) is 5.43 Å². The van der Waals surface area contributed by atoms with E-state index in [2.05, 4.69) is 10.5 Å². The normalized spacial score (nSPS) is 11.4. The number of benzene rings is 2. The predicted octanol–water partition coefficient (Wildman–Crippen LogP) is 3.33. The van der Waals surface area contributed by atoms with Crippen LogP contribution in [-0.4, -0.2) is 33.7 Å². The number of nitrogens with one attached hydrogen (secondary N) is 1.